The van der Waals surface area contributed by atoms with Gasteiger partial charge in [0, 0.05) is 18.7 Å². The number of Topliss-reactive ketones (excluding diaryl/α,β-unsaturated/α-hetero) is 1. The number of fused-ring (bicyclic) bond motifs is 1. The summed E-state index contributed by atoms with van der Waals surface area (Å²) in [6.07, 6.45) is 3.56. The van der Waals surface area contributed by atoms with E-state index < -0.39 is 16.1 Å². The highest BCUT2D eigenvalue weighted by molar-refractivity contribution is 7.89. The number of sulfonamides is 1. The molecule has 2 aromatic rings. The van der Waals surface area contributed by atoms with Gasteiger partial charge in [-0.2, -0.15) is 0 Å². The first-order valence-corrected chi connectivity index (χ1v) is 12.0. The van der Waals surface area contributed by atoms with Crippen molar-refractivity contribution in [3.8, 4) is 0 Å². The number of piperidine rings is 1. The molecule has 1 unspecified atom stereocenters. The Morgan fingerprint density at radius 1 is 1.00 bits per heavy atom. The molecule has 8 heteroatoms. The van der Waals surface area contributed by atoms with Crippen LogP contribution in [0.4, 0.5) is 0 Å². The lowest BCUT2D eigenvalue weighted by molar-refractivity contribution is -0.00269. The van der Waals surface area contributed by atoms with Gasteiger partial charge in [-0.15, -0.1) is 12.4 Å². The Kier molecular flexibility index (Phi) is 8.24. The standard InChI is InChI=1S/C23H28N2O4S.ClH/c26-23-20-9-4-5-11-22(20)30(27,28)24-21(23)10-6-14-25-15-12-19(13-16-25)29-17-18-7-2-1-3-8-18;/h1-5,7-9,11,19,21,24H,6,10,12-17H2;1H. The SMILES string of the molecule is Cl.O=C1c2ccccc2S(=O)(=O)NC1CCCN1CCC(OCc2ccccc2)CC1. The van der Waals surface area contributed by atoms with E-state index in [-0.39, 0.29) is 29.2 Å². The summed E-state index contributed by atoms with van der Waals surface area (Å²) in [5.41, 5.74) is 1.50. The highest BCUT2D eigenvalue weighted by Gasteiger charge is 2.35. The smallest absolute Gasteiger partial charge is 0.241 e. The van der Waals surface area contributed by atoms with E-state index in [9.17, 15) is 13.2 Å². The molecule has 2 aromatic carbocycles. The van der Waals surface area contributed by atoms with Crippen LogP contribution in [0.15, 0.2) is 59.5 Å². The average molecular weight is 465 g/mol. The Morgan fingerprint density at radius 2 is 1.68 bits per heavy atom. The highest BCUT2D eigenvalue weighted by Crippen LogP contribution is 2.24. The van der Waals surface area contributed by atoms with Gasteiger partial charge in [0.15, 0.2) is 5.78 Å². The number of likely N-dealkylation sites (tertiary alicyclic amines) is 1. The summed E-state index contributed by atoms with van der Waals surface area (Å²) in [7, 11) is -3.62. The van der Waals surface area contributed by atoms with E-state index in [1.807, 2.05) is 18.2 Å². The number of carbonyl (C=O) groups is 1. The normalized spacial score (nSPS) is 21.3. The average Bonchev–Trinajstić information content (AvgIpc) is 2.77. The largest absolute Gasteiger partial charge is 0.373 e. The van der Waals surface area contributed by atoms with Crippen molar-refractivity contribution in [2.45, 2.75) is 49.3 Å². The predicted octanol–water partition coefficient (Wildman–Crippen LogP) is 3.41. The van der Waals surface area contributed by atoms with Crippen LogP contribution in [0.3, 0.4) is 0 Å². The predicted molar refractivity (Wildman–Crippen MR) is 122 cm³/mol. The van der Waals surface area contributed by atoms with Crippen molar-refractivity contribution >= 4 is 28.2 Å². The molecule has 1 atom stereocenters. The van der Waals surface area contributed by atoms with E-state index in [1.165, 1.54) is 11.6 Å². The van der Waals surface area contributed by atoms with Gasteiger partial charge in [-0.05, 0) is 49.9 Å². The molecule has 0 amide bonds. The Hall–Kier alpha value is -1.77. The maximum atomic E-state index is 12.7. The maximum Gasteiger partial charge on any atom is 0.241 e. The molecule has 6 nitrogen and oxygen atoms in total. The fourth-order valence-electron chi connectivity index (χ4n) is 4.19. The second-order valence-electron chi connectivity index (χ2n) is 8.01. The molecule has 0 aromatic heterocycles. The molecule has 0 saturated carbocycles. The van der Waals surface area contributed by atoms with Crippen molar-refractivity contribution in [2.24, 2.45) is 0 Å². The molecule has 0 radical (unpaired) electrons. The van der Waals surface area contributed by atoms with Gasteiger partial charge in [0.1, 0.15) is 0 Å². The number of ether oxygens (including phenoxy) is 1. The molecule has 31 heavy (non-hydrogen) atoms. The van der Waals surface area contributed by atoms with E-state index in [4.69, 9.17) is 4.74 Å². The molecule has 2 aliphatic heterocycles. The van der Waals surface area contributed by atoms with Crippen LogP contribution in [0.1, 0.15) is 41.6 Å². The number of halogens is 1. The fraction of sp³-hybridized carbons (Fsp3) is 0.435. The first kappa shape index (κ1) is 23.9. The summed E-state index contributed by atoms with van der Waals surface area (Å²) >= 11 is 0. The molecule has 2 aliphatic rings. The van der Waals surface area contributed by atoms with Crippen LogP contribution >= 0.6 is 12.4 Å². The van der Waals surface area contributed by atoms with Crippen molar-refractivity contribution in [1.29, 1.82) is 0 Å². The Bertz CT molecular complexity index is 976. The van der Waals surface area contributed by atoms with Crippen LogP contribution in [0, 0.1) is 0 Å². The fourth-order valence-corrected chi connectivity index (χ4v) is 5.64. The molecule has 168 valence electrons. The summed E-state index contributed by atoms with van der Waals surface area (Å²) in [6.45, 7) is 3.44. The van der Waals surface area contributed by atoms with Crippen LogP contribution in [0.5, 0.6) is 0 Å². The molecule has 0 bridgehead atoms. The van der Waals surface area contributed by atoms with Gasteiger partial charge in [-0.25, -0.2) is 13.1 Å². The van der Waals surface area contributed by atoms with Crippen molar-refractivity contribution in [2.75, 3.05) is 19.6 Å². The van der Waals surface area contributed by atoms with Crippen LogP contribution in [0.25, 0.3) is 0 Å². The Balaban J connectivity index is 0.00000272. The summed E-state index contributed by atoms with van der Waals surface area (Å²) in [5.74, 6) is -0.131. The van der Waals surface area contributed by atoms with Gasteiger partial charge < -0.3 is 9.64 Å². The molecule has 0 aliphatic carbocycles. The Labute approximate surface area is 190 Å². The summed E-state index contributed by atoms with van der Waals surface area (Å²) in [4.78, 5) is 15.1. The first-order chi connectivity index (χ1) is 14.5. The Morgan fingerprint density at radius 3 is 2.42 bits per heavy atom. The summed E-state index contributed by atoms with van der Waals surface area (Å²) < 4.78 is 33.4. The molecule has 2 heterocycles. The lowest BCUT2D eigenvalue weighted by atomic mass is 10.00. The second-order valence-corrected chi connectivity index (χ2v) is 9.70. The molecule has 1 fully saturated rings. The minimum absolute atomic E-state index is 0. The van der Waals surface area contributed by atoms with Crippen LogP contribution < -0.4 is 4.72 Å². The number of nitrogens with zero attached hydrogens (tertiary/aromatic N) is 1. The van der Waals surface area contributed by atoms with Crippen molar-refractivity contribution < 1.29 is 17.9 Å². The monoisotopic (exact) mass is 464 g/mol. The van der Waals surface area contributed by atoms with Gasteiger partial charge in [-0.1, -0.05) is 42.5 Å². The van der Waals surface area contributed by atoms with Crippen LogP contribution in [-0.2, 0) is 21.4 Å². The number of hydrogen-bond donors (Lipinski definition) is 1. The van der Waals surface area contributed by atoms with Gasteiger partial charge in [0.2, 0.25) is 10.0 Å². The maximum absolute atomic E-state index is 12.7. The van der Waals surface area contributed by atoms with E-state index in [0.717, 1.165) is 38.9 Å². The van der Waals surface area contributed by atoms with E-state index in [2.05, 4.69) is 21.8 Å². The van der Waals surface area contributed by atoms with Gasteiger partial charge in [-0.3, -0.25) is 4.79 Å². The van der Waals surface area contributed by atoms with E-state index >= 15 is 0 Å². The minimum atomic E-state index is -3.62. The third-order valence-corrected chi connectivity index (χ3v) is 7.42. The number of ketones is 1. The number of hydrogen-bond acceptors (Lipinski definition) is 5. The van der Waals surface area contributed by atoms with E-state index in [1.54, 1.807) is 18.2 Å². The molecule has 1 N–H and O–H groups in total. The minimum Gasteiger partial charge on any atom is -0.373 e. The topological polar surface area (TPSA) is 75.7 Å². The molecule has 1 saturated heterocycles. The van der Waals surface area contributed by atoms with Crippen molar-refractivity contribution in [3.63, 3.8) is 0 Å². The van der Waals surface area contributed by atoms with Crippen molar-refractivity contribution in [1.82, 2.24) is 9.62 Å². The van der Waals surface area contributed by atoms with Crippen LogP contribution in [0.2, 0.25) is 0 Å². The number of benzene rings is 2. The van der Waals surface area contributed by atoms with E-state index in [0.29, 0.717) is 18.6 Å². The highest BCUT2D eigenvalue weighted by atomic mass is 35.5. The molecule has 4 rings (SSSR count). The second kappa shape index (κ2) is 10.7. The lowest BCUT2D eigenvalue weighted by Crippen LogP contribution is -2.46. The molecular formula is C23H29ClN2O4S. The molecular weight excluding hydrogens is 436 g/mol. The summed E-state index contributed by atoms with van der Waals surface area (Å²) in [6, 6.07) is 16.0. The van der Waals surface area contributed by atoms with Crippen LogP contribution in [-0.4, -0.2) is 50.9 Å². The zero-order valence-electron chi connectivity index (χ0n) is 17.4. The van der Waals surface area contributed by atoms with Gasteiger partial charge >= 0.3 is 0 Å². The third-order valence-electron chi connectivity index (χ3n) is 5.89. The molecule has 0 spiro atoms. The number of nitrogens with one attached hydrogen (secondary N) is 1. The number of rotatable bonds is 7. The zero-order valence-corrected chi connectivity index (χ0v) is 19.0. The van der Waals surface area contributed by atoms with Gasteiger partial charge in [0.25, 0.3) is 0 Å². The quantitative estimate of drug-likeness (QED) is 0.679. The first-order valence-electron chi connectivity index (χ1n) is 10.6. The zero-order chi connectivity index (χ0) is 21.0. The third kappa shape index (κ3) is 5.93. The van der Waals surface area contributed by atoms with Gasteiger partial charge in [0.05, 0.1) is 23.6 Å². The lowest BCUT2D eigenvalue weighted by Gasteiger charge is -2.32. The number of carbonyl (C=O) groups excluding carboxylic acids is 1. The van der Waals surface area contributed by atoms with Crippen molar-refractivity contribution in [3.05, 3.63) is 65.7 Å². The summed E-state index contributed by atoms with van der Waals surface area (Å²) in [5, 5.41) is 0.